The molecule has 2 N–H and O–H groups in total. The van der Waals surface area contributed by atoms with Crippen molar-refractivity contribution in [1.29, 1.82) is 0 Å². The Labute approximate surface area is 120 Å². The molecule has 1 aliphatic heterocycles. The zero-order valence-corrected chi connectivity index (χ0v) is 12.2. The summed E-state index contributed by atoms with van der Waals surface area (Å²) < 4.78 is 0. The van der Waals surface area contributed by atoms with Gasteiger partial charge in [-0.15, -0.1) is 0 Å². The summed E-state index contributed by atoms with van der Waals surface area (Å²) in [5.41, 5.74) is 0. The maximum absolute atomic E-state index is 12.0. The van der Waals surface area contributed by atoms with Crippen molar-refractivity contribution in [1.82, 2.24) is 15.1 Å². The van der Waals surface area contributed by atoms with Crippen LogP contribution in [-0.4, -0.2) is 65.7 Å². The second-order valence-electron chi connectivity index (χ2n) is 5.84. The van der Waals surface area contributed by atoms with Crippen LogP contribution < -0.4 is 5.32 Å². The van der Waals surface area contributed by atoms with Gasteiger partial charge in [-0.05, 0) is 32.7 Å². The van der Waals surface area contributed by atoms with E-state index in [4.69, 9.17) is 5.11 Å². The third-order valence-electron chi connectivity index (χ3n) is 4.49. The maximum atomic E-state index is 12.0. The molecule has 2 fully saturated rings. The molecule has 114 valence electrons. The van der Waals surface area contributed by atoms with Crippen LogP contribution in [-0.2, 0) is 4.79 Å². The van der Waals surface area contributed by atoms with Gasteiger partial charge in [0.15, 0.2) is 0 Å². The Morgan fingerprint density at radius 3 is 2.60 bits per heavy atom. The minimum absolute atomic E-state index is 0.241. The van der Waals surface area contributed by atoms with Gasteiger partial charge in [-0.25, -0.2) is 9.59 Å². The highest BCUT2D eigenvalue weighted by Gasteiger charge is 2.33. The number of carboxylic acid groups (broad SMARTS) is 1. The summed E-state index contributed by atoms with van der Waals surface area (Å²) in [6.07, 6.45) is 6.43. The number of carbonyl (C=O) groups excluding carboxylic acids is 1. The zero-order valence-electron chi connectivity index (χ0n) is 12.2. The van der Waals surface area contributed by atoms with Crippen LogP contribution in [0.15, 0.2) is 0 Å². The van der Waals surface area contributed by atoms with Crippen molar-refractivity contribution in [3.63, 3.8) is 0 Å². The van der Waals surface area contributed by atoms with Crippen molar-refractivity contribution in [2.45, 2.75) is 50.6 Å². The highest BCUT2D eigenvalue weighted by atomic mass is 16.4. The first-order chi connectivity index (χ1) is 9.59. The summed E-state index contributed by atoms with van der Waals surface area (Å²) >= 11 is 0. The van der Waals surface area contributed by atoms with E-state index >= 15 is 0 Å². The van der Waals surface area contributed by atoms with E-state index in [-0.39, 0.29) is 6.03 Å². The fourth-order valence-electron chi connectivity index (χ4n) is 3.23. The van der Waals surface area contributed by atoms with E-state index in [9.17, 15) is 9.59 Å². The van der Waals surface area contributed by atoms with Crippen LogP contribution >= 0.6 is 0 Å². The zero-order chi connectivity index (χ0) is 14.5. The summed E-state index contributed by atoms with van der Waals surface area (Å²) in [6.45, 7) is 1.94. The maximum Gasteiger partial charge on any atom is 0.326 e. The Balaban J connectivity index is 1.70. The number of hydrogen-bond donors (Lipinski definition) is 2. The van der Waals surface area contributed by atoms with Crippen LogP contribution in [0.1, 0.15) is 38.5 Å². The molecule has 20 heavy (non-hydrogen) atoms. The van der Waals surface area contributed by atoms with Crippen molar-refractivity contribution in [3.8, 4) is 0 Å². The number of urea groups is 1. The van der Waals surface area contributed by atoms with E-state index in [1.54, 1.807) is 0 Å². The summed E-state index contributed by atoms with van der Waals surface area (Å²) in [5.74, 6) is -0.902. The van der Waals surface area contributed by atoms with E-state index in [2.05, 4.69) is 17.3 Å². The molecule has 2 aliphatic rings. The number of nitrogens with one attached hydrogen (secondary N) is 1. The molecule has 1 atom stereocenters. The van der Waals surface area contributed by atoms with Gasteiger partial charge in [0.05, 0.1) is 0 Å². The SMILES string of the molecule is CN(CCNC(=O)N1CCC[C@H]1C(=O)O)C1CCCC1. The van der Waals surface area contributed by atoms with Crippen molar-refractivity contribution < 1.29 is 14.7 Å². The molecule has 6 nitrogen and oxygen atoms in total. The highest BCUT2D eigenvalue weighted by Crippen LogP contribution is 2.22. The summed E-state index contributed by atoms with van der Waals surface area (Å²) in [5, 5.41) is 11.9. The molecule has 1 saturated carbocycles. The van der Waals surface area contributed by atoms with Gasteiger partial charge in [0.1, 0.15) is 6.04 Å². The Morgan fingerprint density at radius 2 is 1.95 bits per heavy atom. The minimum atomic E-state index is -0.902. The third kappa shape index (κ3) is 3.62. The van der Waals surface area contributed by atoms with Gasteiger partial charge in [0, 0.05) is 25.7 Å². The molecule has 1 saturated heterocycles. The van der Waals surface area contributed by atoms with Crippen LogP contribution in [0.3, 0.4) is 0 Å². The highest BCUT2D eigenvalue weighted by molar-refractivity contribution is 5.83. The number of carbonyl (C=O) groups is 2. The molecule has 0 aromatic rings. The molecule has 0 bridgehead atoms. The Kier molecular flexibility index (Phi) is 5.23. The predicted molar refractivity (Wildman–Crippen MR) is 75.6 cm³/mol. The first-order valence-corrected chi connectivity index (χ1v) is 7.57. The Hall–Kier alpha value is -1.30. The van der Waals surface area contributed by atoms with E-state index in [0.717, 1.165) is 13.0 Å². The smallest absolute Gasteiger partial charge is 0.326 e. The van der Waals surface area contributed by atoms with Crippen LogP contribution in [0.4, 0.5) is 4.79 Å². The molecular formula is C14H25N3O3. The largest absolute Gasteiger partial charge is 0.480 e. The van der Waals surface area contributed by atoms with Crippen molar-refractivity contribution >= 4 is 12.0 Å². The summed E-state index contributed by atoms with van der Waals surface area (Å²) in [7, 11) is 2.10. The molecule has 2 rings (SSSR count). The first kappa shape index (κ1) is 15.1. The minimum Gasteiger partial charge on any atom is -0.480 e. The molecule has 1 heterocycles. The molecule has 0 aromatic carbocycles. The van der Waals surface area contributed by atoms with Crippen LogP contribution in [0.25, 0.3) is 0 Å². The van der Waals surface area contributed by atoms with Crippen molar-refractivity contribution in [2.75, 3.05) is 26.7 Å². The number of hydrogen-bond acceptors (Lipinski definition) is 3. The number of carboxylic acids is 1. The topological polar surface area (TPSA) is 72.9 Å². The average molecular weight is 283 g/mol. The van der Waals surface area contributed by atoms with Gasteiger partial charge in [0.2, 0.25) is 0 Å². The molecule has 6 heteroatoms. The number of likely N-dealkylation sites (tertiary alicyclic amines) is 1. The number of likely N-dealkylation sites (N-methyl/N-ethyl adjacent to an activating group) is 1. The predicted octanol–water partition coefficient (Wildman–Crippen LogP) is 1.12. The first-order valence-electron chi connectivity index (χ1n) is 7.57. The second kappa shape index (κ2) is 6.92. The quantitative estimate of drug-likeness (QED) is 0.793. The van der Waals surface area contributed by atoms with E-state index in [1.807, 2.05) is 0 Å². The van der Waals surface area contributed by atoms with Crippen LogP contribution in [0.2, 0.25) is 0 Å². The summed E-state index contributed by atoms with van der Waals surface area (Å²) in [6, 6.07) is -0.247. The molecular weight excluding hydrogens is 258 g/mol. The number of rotatable bonds is 5. The fraction of sp³-hybridized carbons (Fsp3) is 0.857. The number of aliphatic carboxylic acids is 1. The van der Waals surface area contributed by atoms with Crippen molar-refractivity contribution in [3.05, 3.63) is 0 Å². The van der Waals surface area contributed by atoms with Gasteiger partial charge in [0.25, 0.3) is 0 Å². The lowest BCUT2D eigenvalue weighted by Gasteiger charge is -2.25. The summed E-state index contributed by atoms with van der Waals surface area (Å²) in [4.78, 5) is 26.8. The van der Waals surface area contributed by atoms with Gasteiger partial charge in [-0.1, -0.05) is 12.8 Å². The van der Waals surface area contributed by atoms with Gasteiger partial charge in [-0.2, -0.15) is 0 Å². The van der Waals surface area contributed by atoms with Crippen molar-refractivity contribution in [2.24, 2.45) is 0 Å². The Bertz CT molecular complexity index is 356. The Morgan fingerprint density at radius 1 is 1.25 bits per heavy atom. The molecule has 0 aromatic heterocycles. The normalized spacial score (nSPS) is 23.5. The average Bonchev–Trinajstić information content (AvgIpc) is 3.09. The van der Waals surface area contributed by atoms with Crippen LogP contribution in [0, 0.1) is 0 Å². The fourth-order valence-corrected chi connectivity index (χ4v) is 3.23. The third-order valence-corrected chi connectivity index (χ3v) is 4.49. The van der Waals surface area contributed by atoms with E-state index in [1.165, 1.54) is 30.6 Å². The lowest BCUT2D eigenvalue weighted by atomic mass is 10.2. The van der Waals surface area contributed by atoms with Gasteiger partial charge < -0.3 is 20.2 Å². The van der Waals surface area contributed by atoms with Gasteiger partial charge in [-0.3, -0.25) is 0 Å². The number of amides is 2. The molecule has 2 amide bonds. The standard InChI is InChI=1S/C14H25N3O3/c1-16(11-5-2-3-6-11)10-8-15-14(20)17-9-4-7-12(17)13(18)19/h11-12H,2-10H2,1H3,(H,15,20)(H,18,19)/t12-/m0/s1. The van der Waals surface area contributed by atoms with Gasteiger partial charge >= 0.3 is 12.0 Å². The second-order valence-corrected chi connectivity index (χ2v) is 5.84. The van der Waals surface area contributed by atoms with E-state index < -0.39 is 12.0 Å². The van der Waals surface area contributed by atoms with E-state index in [0.29, 0.717) is 25.6 Å². The lowest BCUT2D eigenvalue weighted by Crippen LogP contribution is -2.47. The monoisotopic (exact) mass is 283 g/mol. The number of nitrogens with zero attached hydrogens (tertiary/aromatic N) is 2. The molecule has 0 spiro atoms. The molecule has 0 radical (unpaired) electrons. The molecule has 0 unspecified atom stereocenters. The van der Waals surface area contributed by atoms with Crippen LogP contribution in [0.5, 0.6) is 0 Å². The molecule has 1 aliphatic carbocycles. The lowest BCUT2D eigenvalue weighted by molar-refractivity contribution is -0.141.